The van der Waals surface area contributed by atoms with Crippen LogP contribution in [0.1, 0.15) is 25.7 Å². The van der Waals surface area contributed by atoms with Gasteiger partial charge in [-0.1, -0.05) is 0 Å². The molecule has 1 aliphatic carbocycles. The number of hydrogen-bond acceptors (Lipinski definition) is 4. The lowest BCUT2D eigenvalue weighted by molar-refractivity contribution is -0.136. The number of carbonyl (C=O) groups excluding carboxylic acids is 1. The van der Waals surface area contributed by atoms with Crippen LogP contribution in [-0.2, 0) is 9.53 Å². The molecule has 2 saturated heterocycles. The van der Waals surface area contributed by atoms with Crippen molar-refractivity contribution in [3.8, 4) is 0 Å². The Bertz CT molecular complexity index is 318. The molecule has 2 aliphatic heterocycles. The maximum absolute atomic E-state index is 11.7. The van der Waals surface area contributed by atoms with E-state index in [0.717, 1.165) is 32.3 Å². The van der Waals surface area contributed by atoms with E-state index in [1.165, 1.54) is 0 Å². The summed E-state index contributed by atoms with van der Waals surface area (Å²) in [6.45, 7) is 3.17. The van der Waals surface area contributed by atoms with Crippen LogP contribution in [0.2, 0.25) is 0 Å². The molecule has 3 rings (SSSR count). The number of nitrogens with one attached hydrogen (secondary N) is 1. The molecule has 5 heteroatoms. The van der Waals surface area contributed by atoms with Gasteiger partial charge in [0.15, 0.2) is 0 Å². The summed E-state index contributed by atoms with van der Waals surface area (Å²) in [7, 11) is 0. The standard InChI is InChI=1S/C13H22N2O3/c16-12(14-6-11-2-1-5-18-11)7-15-8-13(17,9-15)10-3-4-10/h10-11,17H,1-9H2,(H,14,16). The second-order valence-electron chi connectivity index (χ2n) is 5.96. The van der Waals surface area contributed by atoms with Crippen LogP contribution in [0.3, 0.4) is 0 Å². The van der Waals surface area contributed by atoms with Crippen LogP contribution < -0.4 is 5.32 Å². The molecule has 0 aromatic heterocycles. The van der Waals surface area contributed by atoms with Gasteiger partial charge in [0.1, 0.15) is 0 Å². The molecular formula is C13H22N2O3. The normalized spacial score (nSPS) is 31.1. The van der Waals surface area contributed by atoms with Crippen LogP contribution in [-0.4, -0.2) is 60.4 Å². The SMILES string of the molecule is O=C(CN1CC(O)(C2CC2)C1)NCC1CCCO1. The molecule has 2 N–H and O–H groups in total. The molecule has 1 atom stereocenters. The summed E-state index contributed by atoms with van der Waals surface area (Å²) in [6, 6.07) is 0. The minimum absolute atomic E-state index is 0.0448. The van der Waals surface area contributed by atoms with E-state index in [2.05, 4.69) is 5.32 Å². The fraction of sp³-hybridized carbons (Fsp3) is 0.923. The van der Waals surface area contributed by atoms with Crippen LogP contribution in [0.4, 0.5) is 0 Å². The molecule has 3 fully saturated rings. The third-order valence-electron chi connectivity index (χ3n) is 4.25. The molecule has 102 valence electrons. The number of aliphatic hydroxyl groups is 1. The first kappa shape index (κ1) is 12.4. The van der Waals surface area contributed by atoms with Gasteiger partial charge in [-0.15, -0.1) is 0 Å². The first-order valence-electron chi connectivity index (χ1n) is 6.99. The Balaban J connectivity index is 1.32. The molecule has 3 aliphatic rings. The van der Waals surface area contributed by atoms with Crippen molar-refractivity contribution in [2.75, 3.05) is 32.8 Å². The number of nitrogens with zero attached hydrogens (tertiary/aromatic N) is 1. The van der Waals surface area contributed by atoms with E-state index >= 15 is 0 Å². The van der Waals surface area contributed by atoms with Crippen molar-refractivity contribution in [3.05, 3.63) is 0 Å². The van der Waals surface area contributed by atoms with Gasteiger partial charge in [-0.3, -0.25) is 9.69 Å². The fourth-order valence-electron chi connectivity index (χ4n) is 3.01. The lowest BCUT2D eigenvalue weighted by atomic mass is 9.89. The van der Waals surface area contributed by atoms with Gasteiger partial charge in [0.05, 0.1) is 18.2 Å². The monoisotopic (exact) mass is 254 g/mol. The molecule has 1 unspecified atom stereocenters. The summed E-state index contributed by atoms with van der Waals surface area (Å²) < 4.78 is 5.45. The Morgan fingerprint density at radius 2 is 2.17 bits per heavy atom. The minimum Gasteiger partial charge on any atom is -0.387 e. The number of β-amino-alcohol motifs (C(OH)–C–C–N with tert-alkyl or cyclic N) is 1. The minimum atomic E-state index is -0.491. The molecule has 5 nitrogen and oxygen atoms in total. The molecule has 1 amide bonds. The van der Waals surface area contributed by atoms with Gasteiger partial charge in [-0.25, -0.2) is 0 Å². The van der Waals surface area contributed by atoms with Crippen molar-refractivity contribution >= 4 is 5.91 Å². The van der Waals surface area contributed by atoms with Gasteiger partial charge < -0.3 is 15.2 Å². The average molecular weight is 254 g/mol. The van der Waals surface area contributed by atoms with Gasteiger partial charge in [-0.2, -0.15) is 0 Å². The molecular weight excluding hydrogens is 232 g/mol. The number of amides is 1. The maximum Gasteiger partial charge on any atom is 0.234 e. The zero-order chi connectivity index (χ0) is 12.6. The highest BCUT2D eigenvalue weighted by Crippen LogP contribution is 2.44. The summed E-state index contributed by atoms with van der Waals surface area (Å²) in [5, 5.41) is 13.1. The summed E-state index contributed by atoms with van der Waals surface area (Å²) in [6.07, 6.45) is 4.64. The van der Waals surface area contributed by atoms with E-state index in [-0.39, 0.29) is 12.0 Å². The van der Waals surface area contributed by atoms with Crippen molar-refractivity contribution in [1.82, 2.24) is 10.2 Å². The highest BCUT2D eigenvalue weighted by Gasteiger charge is 2.51. The van der Waals surface area contributed by atoms with E-state index in [4.69, 9.17) is 4.74 Å². The Labute approximate surface area is 107 Å². The van der Waals surface area contributed by atoms with Crippen LogP contribution in [0.25, 0.3) is 0 Å². The van der Waals surface area contributed by atoms with Gasteiger partial charge in [0.2, 0.25) is 5.91 Å². The van der Waals surface area contributed by atoms with Crippen molar-refractivity contribution in [3.63, 3.8) is 0 Å². The second-order valence-corrected chi connectivity index (χ2v) is 5.96. The van der Waals surface area contributed by atoms with E-state index in [1.807, 2.05) is 4.90 Å². The number of likely N-dealkylation sites (tertiary alicyclic amines) is 1. The highest BCUT2D eigenvalue weighted by molar-refractivity contribution is 5.78. The van der Waals surface area contributed by atoms with Gasteiger partial charge in [-0.05, 0) is 31.6 Å². The van der Waals surface area contributed by atoms with Crippen molar-refractivity contribution in [1.29, 1.82) is 0 Å². The van der Waals surface area contributed by atoms with E-state index < -0.39 is 5.60 Å². The summed E-state index contributed by atoms with van der Waals surface area (Å²) in [4.78, 5) is 13.7. The average Bonchev–Trinajstić information content (AvgIpc) is 3.03. The van der Waals surface area contributed by atoms with Crippen LogP contribution in [0.15, 0.2) is 0 Å². The molecule has 0 aromatic carbocycles. The Morgan fingerprint density at radius 3 is 2.78 bits per heavy atom. The Kier molecular flexibility index (Phi) is 3.30. The van der Waals surface area contributed by atoms with Crippen LogP contribution in [0, 0.1) is 5.92 Å². The zero-order valence-corrected chi connectivity index (χ0v) is 10.7. The first-order chi connectivity index (χ1) is 8.66. The topological polar surface area (TPSA) is 61.8 Å². The van der Waals surface area contributed by atoms with Crippen LogP contribution >= 0.6 is 0 Å². The highest BCUT2D eigenvalue weighted by atomic mass is 16.5. The van der Waals surface area contributed by atoms with E-state index in [0.29, 0.717) is 32.1 Å². The second kappa shape index (κ2) is 4.79. The van der Waals surface area contributed by atoms with Gasteiger partial charge in [0.25, 0.3) is 0 Å². The number of ether oxygens (including phenoxy) is 1. The van der Waals surface area contributed by atoms with E-state index in [1.54, 1.807) is 0 Å². The number of hydrogen-bond donors (Lipinski definition) is 2. The molecule has 0 bridgehead atoms. The van der Waals surface area contributed by atoms with Crippen LogP contribution in [0.5, 0.6) is 0 Å². The Hall–Kier alpha value is -0.650. The molecule has 1 saturated carbocycles. The molecule has 2 heterocycles. The first-order valence-corrected chi connectivity index (χ1v) is 6.99. The molecule has 0 spiro atoms. The van der Waals surface area contributed by atoms with Crippen molar-refractivity contribution < 1.29 is 14.6 Å². The van der Waals surface area contributed by atoms with Gasteiger partial charge in [0, 0.05) is 26.2 Å². The van der Waals surface area contributed by atoms with E-state index in [9.17, 15) is 9.90 Å². The largest absolute Gasteiger partial charge is 0.387 e. The summed E-state index contributed by atoms with van der Waals surface area (Å²) >= 11 is 0. The van der Waals surface area contributed by atoms with Crippen molar-refractivity contribution in [2.24, 2.45) is 5.92 Å². The quantitative estimate of drug-likeness (QED) is 0.709. The number of carbonyl (C=O) groups is 1. The third-order valence-corrected chi connectivity index (χ3v) is 4.25. The predicted octanol–water partition coefficient (Wildman–Crippen LogP) is -0.262. The van der Waals surface area contributed by atoms with Crippen molar-refractivity contribution in [2.45, 2.75) is 37.4 Å². The number of rotatable bonds is 5. The molecule has 0 radical (unpaired) electrons. The summed E-state index contributed by atoms with van der Waals surface area (Å²) in [5.41, 5.74) is -0.491. The lowest BCUT2D eigenvalue weighted by Gasteiger charge is -2.46. The lowest BCUT2D eigenvalue weighted by Crippen LogP contribution is -2.64. The zero-order valence-electron chi connectivity index (χ0n) is 10.7. The maximum atomic E-state index is 11.7. The molecule has 0 aromatic rings. The molecule has 18 heavy (non-hydrogen) atoms. The Morgan fingerprint density at radius 1 is 1.39 bits per heavy atom. The smallest absolute Gasteiger partial charge is 0.234 e. The fourth-order valence-corrected chi connectivity index (χ4v) is 3.01. The third kappa shape index (κ3) is 2.68. The summed E-state index contributed by atoms with van der Waals surface area (Å²) in [5.74, 6) is 0.534. The predicted molar refractivity (Wildman–Crippen MR) is 66.1 cm³/mol. The van der Waals surface area contributed by atoms with Gasteiger partial charge >= 0.3 is 0 Å².